The first-order chi connectivity index (χ1) is 11.5. The predicted octanol–water partition coefficient (Wildman–Crippen LogP) is 5.00. The average molecular weight is 343 g/mol. The maximum atomic E-state index is 12.4. The summed E-state index contributed by atoms with van der Waals surface area (Å²) >= 11 is 5.97. The second-order valence-corrected chi connectivity index (χ2v) is 6.37. The molecular weight excluding hydrogens is 324 g/mol. The normalized spacial score (nSPS) is 11.2. The molecule has 0 aliphatic carbocycles. The van der Waals surface area contributed by atoms with Gasteiger partial charge in [-0.2, -0.15) is 0 Å². The Bertz CT molecular complexity index is 871. The van der Waals surface area contributed by atoms with Gasteiger partial charge in [-0.25, -0.2) is 0 Å². The number of benzene rings is 2. The van der Waals surface area contributed by atoms with Gasteiger partial charge in [0.25, 0.3) is 5.91 Å². The summed E-state index contributed by atoms with van der Waals surface area (Å²) in [7, 11) is 0. The van der Waals surface area contributed by atoms with Crippen molar-refractivity contribution in [2.75, 3.05) is 5.32 Å². The van der Waals surface area contributed by atoms with Gasteiger partial charge in [0.1, 0.15) is 5.69 Å². The molecule has 0 saturated carbocycles. The molecule has 3 aromatic rings. The second-order valence-electron chi connectivity index (χ2n) is 5.93. The van der Waals surface area contributed by atoms with Crippen LogP contribution in [0.3, 0.4) is 0 Å². The molecule has 0 bridgehead atoms. The Kier molecular flexibility index (Phi) is 4.88. The van der Waals surface area contributed by atoms with Crippen molar-refractivity contribution in [2.24, 2.45) is 0 Å². The highest BCUT2D eigenvalue weighted by molar-refractivity contribution is 6.31. The summed E-state index contributed by atoms with van der Waals surface area (Å²) in [5, 5.41) is 4.48. The zero-order chi connectivity index (χ0) is 17.1. The van der Waals surface area contributed by atoms with Crippen LogP contribution in [0.25, 0.3) is 10.9 Å². The highest BCUT2D eigenvalue weighted by Crippen LogP contribution is 2.21. The number of amides is 1. The Morgan fingerprint density at radius 3 is 2.83 bits per heavy atom. The van der Waals surface area contributed by atoms with E-state index in [1.807, 2.05) is 50.2 Å². The van der Waals surface area contributed by atoms with Gasteiger partial charge in [-0.15, -0.1) is 0 Å². The Balaban J connectivity index is 1.74. The quantitative estimate of drug-likeness (QED) is 0.685. The topological polar surface area (TPSA) is 54.1 Å². The van der Waals surface area contributed by atoms with Crippen LogP contribution in [0.2, 0.25) is 5.02 Å². The Labute approximate surface area is 145 Å². The number of halogens is 1. The number of aromatic amines is 1. The van der Waals surface area contributed by atoms with Gasteiger partial charge >= 0.3 is 0 Å². The number of carbonyl (C=O) groups excluding carboxylic acids is 1. The number of nitrogens with one attached hydrogen (secondary N) is 2. The number of hydrogen-bond acceptors (Lipinski definition) is 2. The zero-order valence-corrected chi connectivity index (χ0v) is 14.4. The van der Waals surface area contributed by atoms with Crippen molar-refractivity contribution in [2.45, 2.75) is 26.6 Å². The Hall–Kier alpha value is -2.30. The van der Waals surface area contributed by atoms with Crippen molar-refractivity contribution >= 4 is 34.1 Å². The van der Waals surface area contributed by atoms with Gasteiger partial charge in [0.15, 0.2) is 0 Å². The molecule has 124 valence electrons. The molecule has 0 radical (unpaired) electrons. The first kappa shape index (κ1) is 16.6. The molecule has 0 fully saturated rings. The molecule has 0 aliphatic rings. The molecule has 2 aromatic carbocycles. The van der Waals surface area contributed by atoms with Crippen LogP contribution in [0.5, 0.6) is 0 Å². The lowest BCUT2D eigenvalue weighted by Gasteiger charge is -2.09. The van der Waals surface area contributed by atoms with Crippen LogP contribution in [0, 0.1) is 0 Å². The van der Waals surface area contributed by atoms with E-state index < -0.39 is 0 Å². The molecule has 0 unspecified atom stereocenters. The standard InChI is InChI=1S/C19H19ClN2O2/c1-12(2)24-11-13-4-3-5-16(8-13)21-19(23)18-9-14-6-7-15(20)10-17(14)22-18/h3-10,12,22H,11H2,1-2H3,(H,21,23). The molecular formula is C19H19ClN2O2. The Morgan fingerprint density at radius 2 is 2.04 bits per heavy atom. The monoisotopic (exact) mass is 342 g/mol. The summed E-state index contributed by atoms with van der Waals surface area (Å²) in [6, 6.07) is 15.0. The van der Waals surface area contributed by atoms with E-state index >= 15 is 0 Å². The van der Waals surface area contributed by atoms with Crippen LogP contribution < -0.4 is 5.32 Å². The molecule has 2 N–H and O–H groups in total. The predicted molar refractivity (Wildman–Crippen MR) is 97.6 cm³/mol. The number of ether oxygens (including phenoxy) is 1. The summed E-state index contributed by atoms with van der Waals surface area (Å²) in [5.41, 5.74) is 3.09. The van der Waals surface area contributed by atoms with Crippen LogP contribution >= 0.6 is 11.6 Å². The molecule has 0 atom stereocenters. The molecule has 1 aromatic heterocycles. The van der Waals surface area contributed by atoms with E-state index in [0.717, 1.165) is 22.2 Å². The maximum absolute atomic E-state index is 12.4. The van der Waals surface area contributed by atoms with E-state index in [0.29, 0.717) is 17.3 Å². The molecule has 24 heavy (non-hydrogen) atoms. The minimum absolute atomic E-state index is 0.168. The van der Waals surface area contributed by atoms with Crippen molar-refractivity contribution in [3.8, 4) is 0 Å². The van der Waals surface area contributed by atoms with Crippen LogP contribution in [0.15, 0.2) is 48.5 Å². The third-order valence-electron chi connectivity index (χ3n) is 3.60. The average Bonchev–Trinajstić information content (AvgIpc) is 2.96. The summed E-state index contributed by atoms with van der Waals surface area (Å²) in [6.07, 6.45) is 0.168. The Morgan fingerprint density at radius 1 is 1.21 bits per heavy atom. The summed E-state index contributed by atoms with van der Waals surface area (Å²) in [5.74, 6) is -0.191. The van der Waals surface area contributed by atoms with Gasteiger partial charge in [-0.1, -0.05) is 29.8 Å². The lowest BCUT2D eigenvalue weighted by atomic mass is 10.2. The van der Waals surface area contributed by atoms with Crippen molar-refractivity contribution in [1.82, 2.24) is 4.98 Å². The summed E-state index contributed by atoms with van der Waals surface area (Å²) in [6.45, 7) is 4.51. The second kappa shape index (κ2) is 7.07. The number of hydrogen-bond donors (Lipinski definition) is 2. The molecule has 3 rings (SSSR count). The van der Waals surface area contributed by atoms with Crippen LogP contribution in [-0.2, 0) is 11.3 Å². The summed E-state index contributed by atoms with van der Waals surface area (Å²) in [4.78, 5) is 15.5. The van der Waals surface area contributed by atoms with E-state index in [-0.39, 0.29) is 12.0 Å². The zero-order valence-electron chi connectivity index (χ0n) is 13.6. The number of carbonyl (C=O) groups is 1. The molecule has 5 heteroatoms. The van der Waals surface area contributed by atoms with E-state index in [9.17, 15) is 4.79 Å². The lowest BCUT2D eigenvalue weighted by molar-refractivity contribution is 0.0657. The van der Waals surface area contributed by atoms with E-state index in [1.54, 1.807) is 12.1 Å². The fourth-order valence-electron chi connectivity index (χ4n) is 2.42. The number of rotatable bonds is 5. The van der Waals surface area contributed by atoms with Crippen molar-refractivity contribution in [1.29, 1.82) is 0 Å². The first-order valence-corrected chi connectivity index (χ1v) is 8.19. The number of aromatic nitrogens is 1. The fraction of sp³-hybridized carbons (Fsp3) is 0.211. The first-order valence-electron chi connectivity index (χ1n) is 7.81. The minimum atomic E-state index is -0.191. The smallest absolute Gasteiger partial charge is 0.272 e. The van der Waals surface area contributed by atoms with Gasteiger partial charge in [0.2, 0.25) is 0 Å². The van der Waals surface area contributed by atoms with Crippen molar-refractivity contribution < 1.29 is 9.53 Å². The molecule has 4 nitrogen and oxygen atoms in total. The highest BCUT2D eigenvalue weighted by atomic mass is 35.5. The summed E-state index contributed by atoms with van der Waals surface area (Å²) < 4.78 is 5.59. The largest absolute Gasteiger partial charge is 0.374 e. The van der Waals surface area contributed by atoms with Crippen LogP contribution in [-0.4, -0.2) is 17.0 Å². The number of H-pyrrole nitrogens is 1. The van der Waals surface area contributed by atoms with Gasteiger partial charge < -0.3 is 15.0 Å². The number of fused-ring (bicyclic) bond motifs is 1. The highest BCUT2D eigenvalue weighted by Gasteiger charge is 2.10. The maximum Gasteiger partial charge on any atom is 0.272 e. The van der Waals surface area contributed by atoms with E-state index in [1.165, 1.54) is 0 Å². The van der Waals surface area contributed by atoms with Crippen molar-refractivity contribution in [3.05, 3.63) is 64.8 Å². The van der Waals surface area contributed by atoms with E-state index in [2.05, 4.69) is 10.3 Å². The molecule has 0 spiro atoms. The van der Waals surface area contributed by atoms with Gasteiger partial charge in [-0.05, 0) is 49.7 Å². The fourth-order valence-corrected chi connectivity index (χ4v) is 2.59. The van der Waals surface area contributed by atoms with Crippen LogP contribution in [0.4, 0.5) is 5.69 Å². The molecule has 0 saturated heterocycles. The van der Waals surface area contributed by atoms with E-state index in [4.69, 9.17) is 16.3 Å². The molecule has 0 aliphatic heterocycles. The van der Waals surface area contributed by atoms with Gasteiger partial charge in [0.05, 0.1) is 12.7 Å². The van der Waals surface area contributed by atoms with Gasteiger partial charge in [0, 0.05) is 21.6 Å². The minimum Gasteiger partial charge on any atom is -0.374 e. The molecule has 1 amide bonds. The molecule has 1 heterocycles. The lowest BCUT2D eigenvalue weighted by Crippen LogP contribution is -2.12. The third kappa shape index (κ3) is 3.96. The van der Waals surface area contributed by atoms with Gasteiger partial charge in [-0.3, -0.25) is 4.79 Å². The van der Waals surface area contributed by atoms with Crippen LogP contribution in [0.1, 0.15) is 29.9 Å². The van der Waals surface area contributed by atoms with Crippen molar-refractivity contribution in [3.63, 3.8) is 0 Å². The SMILES string of the molecule is CC(C)OCc1cccc(NC(=O)c2cc3ccc(Cl)cc3[nH]2)c1. The number of anilines is 1. The third-order valence-corrected chi connectivity index (χ3v) is 3.83.